The molecule has 1 aromatic rings. The Morgan fingerprint density at radius 3 is 2.92 bits per heavy atom. The van der Waals surface area contributed by atoms with Crippen molar-refractivity contribution in [3.63, 3.8) is 0 Å². The third kappa shape index (κ3) is 3.90. The molecule has 0 unspecified atom stereocenters. The van der Waals surface area contributed by atoms with Crippen LogP contribution in [0.2, 0.25) is 0 Å². The van der Waals surface area contributed by atoms with Crippen LogP contribution in [0.5, 0.6) is 0 Å². The fraction of sp³-hybridized carbons (Fsp3) is 0.100. The van der Waals surface area contributed by atoms with Gasteiger partial charge in [-0.25, -0.2) is 0 Å². The van der Waals surface area contributed by atoms with Crippen LogP contribution in [0.4, 0.5) is 0 Å². The molecule has 0 aliphatic rings. The van der Waals surface area contributed by atoms with Gasteiger partial charge in [-0.15, -0.1) is 0 Å². The van der Waals surface area contributed by atoms with E-state index in [1.165, 1.54) is 0 Å². The first-order chi connectivity index (χ1) is 6.18. The lowest BCUT2D eigenvalue weighted by Crippen LogP contribution is -2.07. The van der Waals surface area contributed by atoms with Crippen LogP contribution in [0.1, 0.15) is 12.0 Å². The lowest BCUT2D eigenvalue weighted by molar-refractivity contribution is -0.117. The van der Waals surface area contributed by atoms with Gasteiger partial charge in [-0.05, 0) is 17.7 Å². The molecule has 0 atom stereocenters. The van der Waals surface area contributed by atoms with Crippen molar-refractivity contribution in [3.8, 4) is 0 Å². The van der Waals surface area contributed by atoms with Crippen LogP contribution in [-0.2, 0) is 4.79 Å². The van der Waals surface area contributed by atoms with Gasteiger partial charge in [0.2, 0.25) is 5.91 Å². The Bertz CT molecular complexity index is 333. The Balaban J connectivity index is 2.63. The van der Waals surface area contributed by atoms with Crippen molar-refractivity contribution in [2.45, 2.75) is 6.42 Å². The predicted molar refractivity (Wildman–Crippen MR) is 57.0 cm³/mol. The lowest BCUT2D eigenvalue weighted by atomic mass is 10.2. The summed E-state index contributed by atoms with van der Waals surface area (Å²) in [6.07, 6.45) is 3.91. The highest BCUT2D eigenvalue weighted by Crippen LogP contribution is 2.12. The van der Waals surface area contributed by atoms with E-state index in [4.69, 9.17) is 5.73 Å². The Labute approximate surface area is 85.6 Å². The molecule has 1 aromatic carbocycles. The first-order valence-corrected chi connectivity index (χ1v) is 4.68. The second-order valence-corrected chi connectivity index (χ2v) is 3.54. The molecular formula is C10H10BrNO. The molecule has 0 aliphatic carbocycles. The highest BCUT2D eigenvalue weighted by Gasteiger charge is 1.89. The fourth-order valence-corrected chi connectivity index (χ4v) is 1.34. The van der Waals surface area contributed by atoms with Crippen LogP contribution in [0.25, 0.3) is 6.08 Å². The van der Waals surface area contributed by atoms with E-state index in [2.05, 4.69) is 15.9 Å². The zero-order valence-electron chi connectivity index (χ0n) is 7.03. The van der Waals surface area contributed by atoms with E-state index in [0.29, 0.717) is 0 Å². The van der Waals surface area contributed by atoms with E-state index in [9.17, 15) is 4.79 Å². The van der Waals surface area contributed by atoms with Gasteiger partial charge in [0.15, 0.2) is 0 Å². The Kier molecular flexibility index (Phi) is 3.71. The molecule has 1 rings (SSSR count). The number of primary amides is 1. The van der Waals surface area contributed by atoms with E-state index in [1.807, 2.05) is 30.3 Å². The Hall–Kier alpha value is -1.09. The van der Waals surface area contributed by atoms with Gasteiger partial charge in [0.25, 0.3) is 0 Å². The maximum Gasteiger partial charge on any atom is 0.221 e. The van der Waals surface area contributed by atoms with Crippen molar-refractivity contribution < 1.29 is 4.79 Å². The predicted octanol–water partition coefficient (Wildman–Crippen LogP) is 2.34. The van der Waals surface area contributed by atoms with Crippen molar-refractivity contribution >= 4 is 27.9 Å². The van der Waals surface area contributed by atoms with Gasteiger partial charge in [0.1, 0.15) is 0 Å². The van der Waals surface area contributed by atoms with Gasteiger partial charge in [-0.3, -0.25) is 4.79 Å². The third-order valence-electron chi connectivity index (χ3n) is 1.48. The highest BCUT2D eigenvalue weighted by atomic mass is 79.9. The van der Waals surface area contributed by atoms with Crippen LogP contribution in [0.15, 0.2) is 34.8 Å². The average Bonchev–Trinajstić information content (AvgIpc) is 2.03. The number of benzene rings is 1. The van der Waals surface area contributed by atoms with Crippen molar-refractivity contribution in [2.75, 3.05) is 0 Å². The molecule has 0 aromatic heterocycles. The van der Waals surface area contributed by atoms with Crippen LogP contribution in [0.3, 0.4) is 0 Å². The second-order valence-electron chi connectivity index (χ2n) is 2.63. The number of halogens is 1. The van der Waals surface area contributed by atoms with Crippen molar-refractivity contribution in [3.05, 3.63) is 40.4 Å². The van der Waals surface area contributed by atoms with Crippen LogP contribution >= 0.6 is 15.9 Å². The number of carbonyl (C=O) groups is 1. The molecule has 1 amide bonds. The zero-order chi connectivity index (χ0) is 9.68. The van der Waals surface area contributed by atoms with E-state index in [0.717, 1.165) is 10.0 Å². The summed E-state index contributed by atoms with van der Waals surface area (Å²) in [6.45, 7) is 0. The standard InChI is InChI=1S/C10H10BrNO/c11-9-5-1-3-8(7-9)4-2-6-10(12)13/h1-5,7H,6H2,(H2,12,13). The summed E-state index contributed by atoms with van der Waals surface area (Å²) < 4.78 is 1.02. The minimum atomic E-state index is -0.314. The zero-order valence-corrected chi connectivity index (χ0v) is 8.62. The molecular weight excluding hydrogens is 230 g/mol. The molecule has 3 heteroatoms. The molecule has 0 saturated heterocycles. The average molecular weight is 240 g/mol. The van der Waals surface area contributed by atoms with Gasteiger partial charge in [0, 0.05) is 10.9 Å². The smallest absolute Gasteiger partial charge is 0.221 e. The van der Waals surface area contributed by atoms with Gasteiger partial charge in [-0.2, -0.15) is 0 Å². The number of nitrogens with two attached hydrogens (primary N) is 1. The summed E-state index contributed by atoms with van der Waals surface area (Å²) in [6, 6.07) is 7.82. The Morgan fingerprint density at radius 2 is 2.31 bits per heavy atom. The topological polar surface area (TPSA) is 43.1 Å². The second kappa shape index (κ2) is 4.82. The first-order valence-electron chi connectivity index (χ1n) is 3.89. The lowest BCUT2D eigenvalue weighted by Gasteiger charge is -1.93. The summed E-state index contributed by atoms with van der Waals surface area (Å²) in [5.74, 6) is -0.314. The van der Waals surface area contributed by atoms with Crippen LogP contribution < -0.4 is 5.73 Å². The molecule has 2 N–H and O–H groups in total. The molecule has 0 saturated carbocycles. The normalized spacial score (nSPS) is 10.5. The number of amides is 1. The van der Waals surface area contributed by atoms with Crippen LogP contribution in [-0.4, -0.2) is 5.91 Å². The summed E-state index contributed by atoms with van der Waals surface area (Å²) in [4.78, 5) is 10.4. The van der Waals surface area contributed by atoms with Crippen molar-refractivity contribution in [1.82, 2.24) is 0 Å². The molecule has 0 bridgehead atoms. The molecule has 0 spiro atoms. The Morgan fingerprint density at radius 1 is 1.54 bits per heavy atom. The SMILES string of the molecule is NC(=O)CC=Cc1cccc(Br)c1. The van der Waals surface area contributed by atoms with Gasteiger partial charge in [0.05, 0.1) is 0 Å². The van der Waals surface area contributed by atoms with Crippen molar-refractivity contribution in [1.29, 1.82) is 0 Å². The van der Waals surface area contributed by atoms with E-state index < -0.39 is 0 Å². The summed E-state index contributed by atoms with van der Waals surface area (Å²) in [5, 5.41) is 0. The number of carbonyl (C=O) groups excluding carboxylic acids is 1. The first kappa shape index (κ1) is 9.99. The number of hydrogen-bond acceptors (Lipinski definition) is 1. The molecule has 0 radical (unpaired) electrons. The maximum atomic E-state index is 10.4. The molecule has 68 valence electrons. The minimum Gasteiger partial charge on any atom is -0.369 e. The van der Waals surface area contributed by atoms with Crippen LogP contribution in [0, 0.1) is 0 Å². The van der Waals surface area contributed by atoms with Gasteiger partial charge >= 0.3 is 0 Å². The monoisotopic (exact) mass is 239 g/mol. The van der Waals surface area contributed by atoms with Gasteiger partial charge in [-0.1, -0.05) is 40.2 Å². The van der Waals surface area contributed by atoms with E-state index >= 15 is 0 Å². The molecule has 0 aliphatic heterocycles. The quantitative estimate of drug-likeness (QED) is 0.865. The largest absolute Gasteiger partial charge is 0.369 e. The highest BCUT2D eigenvalue weighted by molar-refractivity contribution is 9.10. The van der Waals surface area contributed by atoms with Gasteiger partial charge < -0.3 is 5.73 Å². The summed E-state index contributed by atoms with van der Waals surface area (Å²) in [7, 11) is 0. The summed E-state index contributed by atoms with van der Waals surface area (Å²) >= 11 is 3.36. The van der Waals surface area contributed by atoms with E-state index in [1.54, 1.807) is 6.08 Å². The maximum absolute atomic E-state index is 10.4. The third-order valence-corrected chi connectivity index (χ3v) is 1.97. The number of rotatable bonds is 3. The van der Waals surface area contributed by atoms with Crippen molar-refractivity contribution in [2.24, 2.45) is 5.73 Å². The molecule has 0 fully saturated rings. The molecule has 13 heavy (non-hydrogen) atoms. The molecule has 0 heterocycles. The number of hydrogen-bond donors (Lipinski definition) is 1. The van der Waals surface area contributed by atoms with E-state index in [-0.39, 0.29) is 12.3 Å². The molecule has 2 nitrogen and oxygen atoms in total. The fourth-order valence-electron chi connectivity index (χ4n) is 0.921. The summed E-state index contributed by atoms with van der Waals surface area (Å²) in [5.41, 5.74) is 6.04. The minimum absolute atomic E-state index is 0.284.